The van der Waals surface area contributed by atoms with Crippen molar-refractivity contribution in [2.24, 2.45) is 57.5 Å². The molecule has 0 amide bonds. The first-order valence-corrected chi connectivity index (χ1v) is 7.07. The Morgan fingerprint density at radius 2 is 1.00 bits per heavy atom. The van der Waals surface area contributed by atoms with Gasteiger partial charge < -0.3 is 0 Å². The zero-order chi connectivity index (χ0) is 10.0. The van der Waals surface area contributed by atoms with Crippen LogP contribution >= 0.6 is 0 Å². The Kier molecular flexibility index (Phi) is 0.974. The highest BCUT2D eigenvalue weighted by Crippen LogP contribution is 2.70. The lowest BCUT2D eigenvalue weighted by Gasteiger charge is -2.02. The zero-order valence-electron chi connectivity index (χ0n) is 9.34. The van der Waals surface area contributed by atoms with Gasteiger partial charge in [-0.15, -0.1) is 0 Å². The molecule has 82 valence electrons. The lowest BCUT2D eigenvalue weighted by molar-refractivity contribution is 0.688. The highest BCUT2D eigenvalue weighted by atomic mass is 15.2. The van der Waals surface area contributed by atoms with Crippen molar-refractivity contribution in [1.29, 1.82) is 0 Å². The van der Waals surface area contributed by atoms with Crippen LogP contribution in [0.3, 0.4) is 0 Å². The highest BCUT2D eigenvalue weighted by molar-refractivity contribution is 6.00. The maximum Gasteiger partial charge on any atom is 0.0473 e. The molecule has 16 heavy (non-hydrogen) atoms. The van der Waals surface area contributed by atoms with E-state index in [1.165, 1.54) is 37.1 Å². The van der Waals surface area contributed by atoms with E-state index in [0.717, 1.165) is 47.3 Å². The molecule has 0 aromatic rings. The van der Waals surface area contributed by atoms with Gasteiger partial charge >= 0.3 is 0 Å². The Balaban J connectivity index is 1.39. The van der Waals surface area contributed by atoms with Crippen LogP contribution in [0.25, 0.3) is 0 Å². The lowest BCUT2D eigenvalue weighted by atomic mass is 10.1. The Hall–Kier alpha value is -0.660. The summed E-state index contributed by atoms with van der Waals surface area (Å²) < 4.78 is 0. The average molecular weight is 212 g/mol. The van der Waals surface area contributed by atoms with E-state index in [2.05, 4.69) is 0 Å². The smallest absolute Gasteiger partial charge is 0.0473 e. The summed E-state index contributed by atoms with van der Waals surface area (Å²) in [5.74, 6) is 7.72. The minimum absolute atomic E-state index is 0.857. The third-order valence-electron chi connectivity index (χ3n) is 6.69. The molecule has 0 aromatic heterocycles. The second kappa shape index (κ2) is 2.04. The van der Waals surface area contributed by atoms with E-state index in [1.807, 2.05) is 0 Å². The maximum atomic E-state index is 4.71. The molecule has 0 spiro atoms. The average Bonchev–Trinajstić information content (AvgIpc) is 2.91. The number of hydrogen-bond donors (Lipinski definition) is 0. The SMILES string of the molecule is C1C2C[C@H]3C(/C2=N/N=C2/C4C[C@H]5C2[C@@H]5C4)[C@@H]13. The molecule has 8 aliphatic carbocycles. The maximum absolute atomic E-state index is 4.71. The highest BCUT2D eigenvalue weighted by Gasteiger charge is 2.68. The summed E-state index contributed by atoms with van der Waals surface area (Å²) in [6.45, 7) is 0. The van der Waals surface area contributed by atoms with Crippen molar-refractivity contribution in [1.82, 2.24) is 0 Å². The van der Waals surface area contributed by atoms with E-state index in [-0.39, 0.29) is 0 Å². The quantitative estimate of drug-likeness (QED) is 0.596. The molecule has 0 N–H and O–H groups in total. The van der Waals surface area contributed by atoms with Crippen LogP contribution < -0.4 is 0 Å². The summed E-state index contributed by atoms with van der Waals surface area (Å²) in [5.41, 5.74) is 3.03. The van der Waals surface area contributed by atoms with Crippen molar-refractivity contribution in [3.8, 4) is 0 Å². The van der Waals surface area contributed by atoms with Gasteiger partial charge in [0.1, 0.15) is 0 Å². The van der Waals surface area contributed by atoms with Crippen LogP contribution in [-0.2, 0) is 0 Å². The first-order valence-electron chi connectivity index (χ1n) is 7.07. The van der Waals surface area contributed by atoms with E-state index in [9.17, 15) is 0 Å². The standard InChI is InChI=1S/C14H16N2/c1-5-2-8-7(1)11(8)13(5)15-16-14-6-3-9-10(4-6)12(9)14/h5-12H,1-4H2/b15-13-,16-14+/t5?,6?,7-,8-,9-,10+,11?,12?/m1/s1. The summed E-state index contributed by atoms with van der Waals surface area (Å²) in [4.78, 5) is 0. The molecule has 8 rings (SSSR count). The number of nitrogens with zero attached hydrogens (tertiary/aromatic N) is 2. The summed E-state index contributed by atoms with van der Waals surface area (Å²) in [6.07, 6.45) is 5.82. The molecule has 0 radical (unpaired) electrons. The molecule has 2 nitrogen and oxygen atoms in total. The van der Waals surface area contributed by atoms with Crippen LogP contribution in [0, 0.1) is 47.3 Å². The second-order valence-corrected chi connectivity index (χ2v) is 7.09. The van der Waals surface area contributed by atoms with E-state index < -0.39 is 0 Å². The van der Waals surface area contributed by atoms with Crippen LogP contribution in [0.4, 0.5) is 0 Å². The molecule has 8 aliphatic rings. The lowest BCUT2D eigenvalue weighted by Crippen LogP contribution is -2.05. The Labute approximate surface area is 95.2 Å². The summed E-state index contributed by atoms with van der Waals surface area (Å²) >= 11 is 0. The van der Waals surface area contributed by atoms with Gasteiger partial charge in [-0.05, 0) is 49.4 Å². The third-order valence-corrected chi connectivity index (χ3v) is 6.69. The van der Waals surface area contributed by atoms with Crippen molar-refractivity contribution < 1.29 is 0 Å². The third kappa shape index (κ3) is 0.640. The van der Waals surface area contributed by atoms with Crippen LogP contribution in [0.1, 0.15) is 25.7 Å². The van der Waals surface area contributed by atoms with Gasteiger partial charge in [0.05, 0.1) is 0 Å². The Morgan fingerprint density at radius 3 is 1.25 bits per heavy atom. The first-order chi connectivity index (χ1) is 7.92. The van der Waals surface area contributed by atoms with Crippen LogP contribution in [0.5, 0.6) is 0 Å². The normalized spacial score (nSPS) is 71.0. The van der Waals surface area contributed by atoms with Crippen LogP contribution in [0.15, 0.2) is 10.2 Å². The fraction of sp³-hybridized carbons (Fsp3) is 0.857. The van der Waals surface area contributed by atoms with Crippen molar-refractivity contribution in [3.63, 3.8) is 0 Å². The van der Waals surface area contributed by atoms with E-state index in [1.54, 1.807) is 0 Å². The molecule has 8 saturated carbocycles. The molecular formula is C14H16N2. The fourth-order valence-electron chi connectivity index (χ4n) is 6.00. The Bertz CT molecular complexity index is 401. The van der Waals surface area contributed by atoms with Gasteiger partial charge in [0.15, 0.2) is 0 Å². The molecule has 8 fully saturated rings. The number of rotatable bonds is 1. The molecular weight excluding hydrogens is 196 g/mol. The van der Waals surface area contributed by atoms with Gasteiger partial charge in [-0.2, -0.15) is 10.2 Å². The second-order valence-electron chi connectivity index (χ2n) is 7.09. The first kappa shape index (κ1) is 7.62. The van der Waals surface area contributed by atoms with Crippen LogP contribution in [0.2, 0.25) is 0 Å². The summed E-state index contributed by atoms with van der Waals surface area (Å²) in [5, 5.41) is 9.42. The summed E-state index contributed by atoms with van der Waals surface area (Å²) in [6, 6.07) is 0. The molecule has 0 aliphatic heterocycles. The van der Waals surface area contributed by atoms with Crippen molar-refractivity contribution in [3.05, 3.63) is 0 Å². The van der Waals surface area contributed by atoms with Gasteiger partial charge in [-0.25, -0.2) is 0 Å². The molecule has 2 heteroatoms. The van der Waals surface area contributed by atoms with Crippen molar-refractivity contribution in [2.75, 3.05) is 0 Å². The minimum Gasteiger partial charge on any atom is -0.160 e. The van der Waals surface area contributed by atoms with E-state index in [0.29, 0.717) is 0 Å². The fourth-order valence-corrected chi connectivity index (χ4v) is 6.00. The molecule has 6 atom stereocenters. The topological polar surface area (TPSA) is 24.7 Å². The van der Waals surface area contributed by atoms with Crippen LogP contribution in [-0.4, -0.2) is 11.4 Å². The van der Waals surface area contributed by atoms with Gasteiger partial charge in [0, 0.05) is 35.1 Å². The van der Waals surface area contributed by atoms with E-state index >= 15 is 0 Å². The van der Waals surface area contributed by atoms with Gasteiger partial charge in [-0.3, -0.25) is 0 Å². The minimum atomic E-state index is 0.857. The molecule has 2 unspecified atom stereocenters. The van der Waals surface area contributed by atoms with E-state index in [4.69, 9.17) is 10.2 Å². The Morgan fingerprint density at radius 1 is 0.625 bits per heavy atom. The molecule has 8 bridgehead atoms. The van der Waals surface area contributed by atoms with Gasteiger partial charge in [-0.1, -0.05) is 0 Å². The number of hydrogen-bond acceptors (Lipinski definition) is 2. The summed E-state index contributed by atoms with van der Waals surface area (Å²) in [7, 11) is 0. The molecule has 0 aromatic carbocycles. The molecule has 0 heterocycles. The largest absolute Gasteiger partial charge is 0.160 e. The van der Waals surface area contributed by atoms with Crippen molar-refractivity contribution in [2.45, 2.75) is 25.7 Å². The van der Waals surface area contributed by atoms with Crippen molar-refractivity contribution >= 4 is 11.4 Å². The monoisotopic (exact) mass is 212 g/mol. The van der Waals surface area contributed by atoms with Gasteiger partial charge in [0.2, 0.25) is 0 Å². The predicted octanol–water partition coefficient (Wildman–Crippen LogP) is 2.36. The molecule has 0 saturated heterocycles. The predicted molar refractivity (Wildman–Crippen MR) is 61.3 cm³/mol. The van der Waals surface area contributed by atoms with Gasteiger partial charge in [0.25, 0.3) is 0 Å². The zero-order valence-corrected chi connectivity index (χ0v) is 9.34.